The van der Waals surface area contributed by atoms with Gasteiger partial charge in [0.05, 0.1) is 10.6 Å². The Morgan fingerprint density at radius 3 is 2.55 bits per heavy atom. The molecule has 0 fully saturated rings. The number of fused-ring (bicyclic) bond motifs is 1. The third-order valence-corrected chi connectivity index (χ3v) is 3.44. The van der Waals surface area contributed by atoms with Crippen LogP contribution in [0.2, 0.25) is 0 Å². The lowest BCUT2D eigenvalue weighted by Gasteiger charge is -2.14. The van der Waals surface area contributed by atoms with Gasteiger partial charge in [0.1, 0.15) is 0 Å². The smallest absolute Gasteiger partial charge is 0.300 e. The zero-order valence-corrected chi connectivity index (χ0v) is 12.1. The zero-order chi connectivity index (χ0) is 15.7. The van der Waals surface area contributed by atoms with Gasteiger partial charge in [-0.2, -0.15) is 0 Å². The van der Waals surface area contributed by atoms with E-state index in [0.717, 1.165) is 11.3 Å². The number of aromatic nitrogens is 2. The molecule has 7 nitrogen and oxygen atoms in total. The van der Waals surface area contributed by atoms with Crippen LogP contribution in [0.5, 0.6) is 0 Å². The molecular formula is C15H14N4O3. The van der Waals surface area contributed by atoms with E-state index in [1.807, 2.05) is 24.3 Å². The van der Waals surface area contributed by atoms with Crippen LogP contribution < -0.4 is 5.32 Å². The summed E-state index contributed by atoms with van der Waals surface area (Å²) in [6.07, 6.45) is 0. The average Bonchev–Trinajstić information content (AvgIpc) is 2.97. The molecule has 0 radical (unpaired) electrons. The fraction of sp³-hybridized carbons (Fsp3) is 0.200. The van der Waals surface area contributed by atoms with Crippen molar-refractivity contribution in [2.45, 2.75) is 19.8 Å². The first-order valence-corrected chi connectivity index (χ1v) is 6.83. The van der Waals surface area contributed by atoms with Gasteiger partial charge in [-0.15, -0.1) is 0 Å². The molecule has 0 aliphatic carbocycles. The number of nitro benzene ring substituents is 1. The van der Waals surface area contributed by atoms with Crippen molar-refractivity contribution in [3.05, 3.63) is 52.1 Å². The summed E-state index contributed by atoms with van der Waals surface area (Å²) in [6, 6.07) is 10.9. The van der Waals surface area contributed by atoms with Gasteiger partial charge in [0, 0.05) is 11.8 Å². The lowest BCUT2D eigenvalue weighted by atomic mass is 10.0. The van der Waals surface area contributed by atoms with Crippen LogP contribution in [0.3, 0.4) is 0 Å². The van der Waals surface area contributed by atoms with E-state index in [4.69, 9.17) is 0 Å². The van der Waals surface area contributed by atoms with Crippen LogP contribution in [-0.4, -0.2) is 15.2 Å². The zero-order valence-electron chi connectivity index (χ0n) is 12.1. The minimum absolute atomic E-state index is 0.126. The first-order valence-electron chi connectivity index (χ1n) is 6.83. The number of nitro groups is 1. The number of rotatable bonds is 4. The summed E-state index contributed by atoms with van der Waals surface area (Å²) in [5.74, 6) is 0.340. The van der Waals surface area contributed by atoms with E-state index in [1.165, 1.54) is 6.07 Å². The number of non-ortho nitro benzene ring substituents is 1. The number of hydrogen-bond acceptors (Lipinski definition) is 6. The van der Waals surface area contributed by atoms with Gasteiger partial charge in [-0.3, -0.25) is 10.1 Å². The highest BCUT2D eigenvalue weighted by Crippen LogP contribution is 2.33. The molecule has 1 aromatic heterocycles. The van der Waals surface area contributed by atoms with E-state index in [9.17, 15) is 10.1 Å². The van der Waals surface area contributed by atoms with Gasteiger partial charge in [0.15, 0.2) is 5.52 Å². The van der Waals surface area contributed by atoms with Crippen LogP contribution in [0.4, 0.5) is 17.1 Å². The van der Waals surface area contributed by atoms with Gasteiger partial charge in [0.25, 0.3) is 0 Å². The molecule has 3 aromatic rings. The third-order valence-electron chi connectivity index (χ3n) is 3.44. The van der Waals surface area contributed by atoms with Crippen LogP contribution >= 0.6 is 0 Å². The molecule has 0 unspecified atom stereocenters. The Balaban J connectivity index is 2.08. The summed E-state index contributed by atoms with van der Waals surface area (Å²) in [4.78, 5) is 10.5. The van der Waals surface area contributed by atoms with Crippen LogP contribution in [0.15, 0.2) is 41.0 Å². The first kappa shape index (κ1) is 14.0. The molecular weight excluding hydrogens is 284 g/mol. The highest BCUT2D eigenvalue weighted by atomic mass is 16.6. The number of benzene rings is 2. The summed E-state index contributed by atoms with van der Waals surface area (Å²) in [5, 5.41) is 21.7. The normalized spacial score (nSPS) is 11.0. The Hall–Kier alpha value is -2.96. The molecule has 0 atom stereocenters. The minimum Gasteiger partial charge on any atom is -0.353 e. The number of nitrogens with zero attached hydrogens (tertiary/aromatic N) is 3. The molecule has 0 saturated carbocycles. The fourth-order valence-corrected chi connectivity index (χ4v) is 2.36. The maximum absolute atomic E-state index is 11.0. The van der Waals surface area contributed by atoms with Crippen molar-refractivity contribution in [2.24, 2.45) is 0 Å². The summed E-state index contributed by atoms with van der Waals surface area (Å²) >= 11 is 0. The summed E-state index contributed by atoms with van der Waals surface area (Å²) in [7, 11) is 0. The molecule has 0 aliphatic rings. The predicted molar refractivity (Wildman–Crippen MR) is 82.3 cm³/mol. The maximum atomic E-state index is 11.0. The van der Waals surface area contributed by atoms with Gasteiger partial charge in [-0.05, 0) is 33.9 Å². The summed E-state index contributed by atoms with van der Waals surface area (Å²) in [6.45, 7) is 4.20. The average molecular weight is 298 g/mol. The van der Waals surface area contributed by atoms with Crippen molar-refractivity contribution < 1.29 is 9.55 Å². The van der Waals surface area contributed by atoms with E-state index in [2.05, 4.69) is 34.1 Å². The van der Waals surface area contributed by atoms with E-state index < -0.39 is 4.92 Å². The molecule has 0 saturated heterocycles. The largest absolute Gasteiger partial charge is 0.353 e. The SMILES string of the molecule is CC(C)c1ccccc1Nc1ccc([N+](=O)[O-])c2nonc12. The lowest BCUT2D eigenvalue weighted by Crippen LogP contribution is -1.99. The van der Waals surface area contributed by atoms with Crippen LogP contribution in [-0.2, 0) is 0 Å². The van der Waals surface area contributed by atoms with E-state index in [0.29, 0.717) is 17.1 Å². The topological polar surface area (TPSA) is 94.1 Å². The molecule has 1 N–H and O–H groups in total. The summed E-state index contributed by atoms with van der Waals surface area (Å²) in [5.41, 5.74) is 3.04. The molecule has 0 spiro atoms. The van der Waals surface area contributed by atoms with E-state index in [-0.39, 0.29) is 11.2 Å². The first-order chi connectivity index (χ1) is 10.6. The molecule has 7 heteroatoms. The highest BCUT2D eigenvalue weighted by molar-refractivity contribution is 5.95. The Bertz CT molecular complexity index is 842. The number of nitrogens with one attached hydrogen (secondary N) is 1. The van der Waals surface area contributed by atoms with E-state index >= 15 is 0 Å². The minimum atomic E-state index is -0.502. The van der Waals surface area contributed by atoms with Crippen molar-refractivity contribution in [3.63, 3.8) is 0 Å². The molecule has 2 aromatic carbocycles. The molecule has 3 rings (SSSR count). The van der Waals surface area contributed by atoms with Gasteiger partial charge < -0.3 is 5.32 Å². The number of para-hydroxylation sites is 1. The Morgan fingerprint density at radius 2 is 1.82 bits per heavy atom. The monoisotopic (exact) mass is 298 g/mol. The third kappa shape index (κ3) is 2.37. The second-order valence-corrected chi connectivity index (χ2v) is 5.22. The van der Waals surface area contributed by atoms with Gasteiger partial charge in [0.2, 0.25) is 5.52 Å². The van der Waals surface area contributed by atoms with Crippen molar-refractivity contribution in [1.29, 1.82) is 0 Å². The van der Waals surface area contributed by atoms with Crippen molar-refractivity contribution in [1.82, 2.24) is 10.3 Å². The highest BCUT2D eigenvalue weighted by Gasteiger charge is 2.20. The Morgan fingerprint density at radius 1 is 1.09 bits per heavy atom. The molecule has 0 bridgehead atoms. The summed E-state index contributed by atoms with van der Waals surface area (Å²) < 4.78 is 4.67. The van der Waals surface area contributed by atoms with Gasteiger partial charge in [-0.25, -0.2) is 4.63 Å². The van der Waals surface area contributed by atoms with Crippen molar-refractivity contribution >= 4 is 28.1 Å². The molecule has 112 valence electrons. The molecule has 0 aliphatic heterocycles. The van der Waals surface area contributed by atoms with Crippen LogP contribution in [0, 0.1) is 10.1 Å². The molecule has 0 amide bonds. The standard InChI is InChI=1S/C15H14N4O3/c1-9(2)10-5-3-4-6-11(10)16-12-7-8-13(19(20)21)15-14(12)17-22-18-15/h3-9,16H,1-2H3. The van der Waals surface area contributed by atoms with E-state index in [1.54, 1.807) is 6.07 Å². The molecule has 1 heterocycles. The number of anilines is 2. The quantitative estimate of drug-likeness (QED) is 0.578. The number of hydrogen-bond donors (Lipinski definition) is 1. The maximum Gasteiger partial charge on any atom is 0.300 e. The van der Waals surface area contributed by atoms with Crippen LogP contribution in [0.1, 0.15) is 25.3 Å². The Kier molecular flexibility index (Phi) is 3.46. The van der Waals surface area contributed by atoms with Gasteiger partial charge >= 0.3 is 5.69 Å². The van der Waals surface area contributed by atoms with Crippen molar-refractivity contribution in [3.8, 4) is 0 Å². The van der Waals surface area contributed by atoms with Crippen LogP contribution in [0.25, 0.3) is 11.0 Å². The van der Waals surface area contributed by atoms with Crippen molar-refractivity contribution in [2.75, 3.05) is 5.32 Å². The lowest BCUT2D eigenvalue weighted by molar-refractivity contribution is -0.383. The second kappa shape index (κ2) is 5.44. The predicted octanol–water partition coefficient (Wildman–Crippen LogP) is 4.00. The Labute approximate surface area is 126 Å². The van der Waals surface area contributed by atoms with Gasteiger partial charge in [-0.1, -0.05) is 32.0 Å². The second-order valence-electron chi connectivity index (χ2n) is 5.22. The molecule has 22 heavy (non-hydrogen) atoms. The fourth-order valence-electron chi connectivity index (χ4n) is 2.36.